The summed E-state index contributed by atoms with van der Waals surface area (Å²) in [6.07, 6.45) is 0. The van der Waals surface area contributed by atoms with Gasteiger partial charge in [0, 0.05) is 36.9 Å². The molecule has 0 spiro atoms. The minimum Gasteiger partial charge on any atom is -0.208 e. The van der Waals surface area contributed by atoms with Crippen LogP contribution in [0.3, 0.4) is 0 Å². The van der Waals surface area contributed by atoms with Crippen LogP contribution >= 0.6 is 11.3 Å². The number of rotatable bonds is 5. The van der Waals surface area contributed by atoms with E-state index in [4.69, 9.17) is 15.0 Å². The Labute approximate surface area is 350 Å². The molecule has 0 fully saturated rings. The van der Waals surface area contributed by atoms with Crippen LogP contribution in [0.5, 0.6) is 0 Å². The summed E-state index contributed by atoms with van der Waals surface area (Å²) in [4.78, 5) is 16.1. The molecule has 2 aromatic heterocycles. The highest BCUT2D eigenvalue weighted by Crippen LogP contribution is 2.42. The molecule has 286 valence electrons. The number of benzene rings is 8. The maximum absolute atomic E-state index is 5.39. The van der Waals surface area contributed by atoms with Crippen LogP contribution in [-0.4, -0.2) is 15.0 Å². The number of aromatic nitrogens is 3. The predicted octanol–water partition coefficient (Wildman–Crippen LogP) is 15.5. The molecule has 0 N–H and O–H groups in total. The second-order valence-corrected chi connectivity index (χ2v) is 18.7. The molecule has 0 aliphatic heterocycles. The summed E-state index contributed by atoms with van der Waals surface area (Å²) in [6.45, 7) is 13.5. The third kappa shape index (κ3) is 6.58. The van der Waals surface area contributed by atoms with Gasteiger partial charge in [-0.25, -0.2) is 15.0 Å². The summed E-state index contributed by atoms with van der Waals surface area (Å²) in [7, 11) is 0. The SMILES string of the molecule is CC(C)(C)c1ccc(-c2ccc(-c3nc(-c4ccc(-c5ccc(C(C)(C)C)cc5)c5ccccc45)nc(-c4cccc5c4sc4ccccc45)n3)c3ccccc23)cc1. The average molecular weight is 780 g/mol. The molecule has 0 unspecified atom stereocenters. The molecule has 10 rings (SSSR count). The third-order valence-electron chi connectivity index (χ3n) is 11.7. The van der Waals surface area contributed by atoms with Crippen LogP contribution in [0, 0.1) is 0 Å². The monoisotopic (exact) mass is 779 g/mol. The first-order valence-corrected chi connectivity index (χ1v) is 21.3. The van der Waals surface area contributed by atoms with Crippen molar-refractivity contribution in [1.82, 2.24) is 15.0 Å². The summed E-state index contributed by atoms with van der Waals surface area (Å²) in [5.41, 5.74) is 10.5. The number of thiophene rings is 1. The van der Waals surface area contributed by atoms with Crippen LogP contribution in [0.1, 0.15) is 52.7 Å². The van der Waals surface area contributed by atoms with Crippen LogP contribution in [0.2, 0.25) is 0 Å². The molecule has 0 atom stereocenters. The molecule has 8 aromatic carbocycles. The van der Waals surface area contributed by atoms with Gasteiger partial charge >= 0.3 is 0 Å². The van der Waals surface area contributed by atoms with Gasteiger partial charge in [0.2, 0.25) is 0 Å². The molecule has 2 heterocycles. The number of fused-ring (bicyclic) bond motifs is 5. The first-order valence-electron chi connectivity index (χ1n) is 20.4. The number of nitrogens with zero attached hydrogens (tertiary/aromatic N) is 3. The topological polar surface area (TPSA) is 38.7 Å². The quantitative estimate of drug-likeness (QED) is 0.175. The standard InChI is InChI=1S/C55H45N3S/c1-54(2,3)36-26-22-34(23-27-36)38-30-32-46(42-16-9-7-14-40(38)42)51-56-52(58-53(57-51)48-20-13-19-45-44-18-11-12-21-49(44)59-50(45)48)47-33-31-39(41-15-8-10-17-43(41)47)35-24-28-37(29-25-35)55(4,5)6/h7-33H,1-6H3. The smallest absolute Gasteiger partial charge is 0.165 e. The Morgan fingerprint density at radius 2 is 0.695 bits per heavy atom. The van der Waals surface area contributed by atoms with E-state index < -0.39 is 0 Å². The van der Waals surface area contributed by atoms with Crippen LogP contribution in [0.15, 0.2) is 164 Å². The van der Waals surface area contributed by atoms with Crippen molar-refractivity contribution in [2.45, 2.75) is 52.4 Å². The zero-order valence-corrected chi connectivity index (χ0v) is 35.2. The van der Waals surface area contributed by atoms with E-state index in [1.807, 2.05) is 0 Å². The van der Waals surface area contributed by atoms with Gasteiger partial charge in [-0.05, 0) is 90.0 Å². The first-order chi connectivity index (χ1) is 28.5. The van der Waals surface area contributed by atoms with Gasteiger partial charge in [0.25, 0.3) is 0 Å². The lowest BCUT2D eigenvalue weighted by molar-refractivity contribution is 0.590. The van der Waals surface area contributed by atoms with Crippen LogP contribution in [0.25, 0.3) is 98.1 Å². The van der Waals surface area contributed by atoms with Gasteiger partial charge in [0.15, 0.2) is 17.5 Å². The molecule has 0 aliphatic carbocycles. The Bertz CT molecular complexity index is 3060. The van der Waals surface area contributed by atoms with E-state index in [0.29, 0.717) is 17.5 Å². The van der Waals surface area contributed by atoms with E-state index in [-0.39, 0.29) is 10.8 Å². The Hall–Kier alpha value is -6.49. The molecule has 0 radical (unpaired) electrons. The van der Waals surface area contributed by atoms with Crippen molar-refractivity contribution in [3.63, 3.8) is 0 Å². The Balaban J connectivity index is 1.19. The Morgan fingerprint density at radius 1 is 0.322 bits per heavy atom. The fourth-order valence-corrected chi connectivity index (χ4v) is 9.66. The largest absolute Gasteiger partial charge is 0.208 e. The highest BCUT2D eigenvalue weighted by Gasteiger charge is 2.21. The van der Waals surface area contributed by atoms with Gasteiger partial charge in [-0.15, -0.1) is 11.3 Å². The summed E-state index contributed by atoms with van der Waals surface area (Å²) < 4.78 is 2.42. The minimum atomic E-state index is 0.0854. The van der Waals surface area contributed by atoms with E-state index in [1.54, 1.807) is 11.3 Å². The molecule has 4 heteroatoms. The van der Waals surface area contributed by atoms with Gasteiger partial charge in [-0.2, -0.15) is 0 Å². The van der Waals surface area contributed by atoms with Crippen molar-refractivity contribution >= 4 is 53.1 Å². The normalized spacial score (nSPS) is 12.2. The maximum Gasteiger partial charge on any atom is 0.165 e. The molecule has 59 heavy (non-hydrogen) atoms. The van der Waals surface area contributed by atoms with Crippen molar-refractivity contribution in [1.29, 1.82) is 0 Å². The fraction of sp³-hybridized carbons (Fsp3) is 0.145. The molecule has 0 aliphatic rings. The van der Waals surface area contributed by atoms with Crippen molar-refractivity contribution in [3.05, 3.63) is 175 Å². The van der Waals surface area contributed by atoms with Crippen LogP contribution < -0.4 is 0 Å². The maximum atomic E-state index is 5.39. The van der Waals surface area contributed by atoms with E-state index in [0.717, 1.165) is 38.2 Å². The average Bonchev–Trinajstić information content (AvgIpc) is 3.64. The molecular formula is C55H45N3S. The van der Waals surface area contributed by atoms with Crippen LogP contribution in [0.4, 0.5) is 0 Å². The van der Waals surface area contributed by atoms with E-state index >= 15 is 0 Å². The molecule has 0 saturated heterocycles. The molecule has 0 amide bonds. The van der Waals surface area contributed by atoms with Gasteiger partial charge in [0.1, 0.15) is 0 Å². The Morgan fingerprint density at radius 3 is 1.15 bits per heavy atom. The number of hydrogen-bond donors (Lipinski definition) is 0. The zero-order valence-electron chi connectivity index (χ0n) is 34.3. The highest BCUT2D eigenvalue weighted by atomic mass is 32.1. The lowest BCUT2D eigenvalue weighted by Gasteiger charge is -2.19. The van der Waals surface area contributed by atoms with Crippen molar-refractivity contribution < 1.29 is 0 Å². The summed E-state index contributed by atoms with van der Waals surface area (Å²) in [5, 5.41) is 7.00. The lowest BCUT2D eigenvalue weighted by atomic mass is 9.85. The lowest BCUT2D eigenvalue weighted by Crippen LogP contribution is -2.10. The molecule has 10 aromatic rings. The fourth-order valence-electron chi connectivity index (χ4n) is 8.45. The Kier molecular flexibility index (Phi) is 8.81. The summed E-state index contributed by atoms with van der Waals surface area (Å²) in [6, 6.07) is 59.3. The van der Waals surface area contributed by atoms with Crippen molar-refractivity contribution in [2.75, 3.05) is 0 Å². The summed E-state index contributed by atoms with van der Waals surface area (Å²) >= 11 is 1.79. The number of hydrogen-bond acceptors (Lipinski definition) is 4. The van der Waals surface area contributed by atoms with E-state index in [9.17, 15) is 0 Å². The van der Waals surface area contributed by atoms with Gasteiger partial charge in [-0.1, -0.05) is 181 Å². The van der Waals surface area contributed by atoms with Crippen LogP contribution in [-0.2, 0) is 10.8 Å². The molecule has 3 nitrogen and oxygen atoms in total. The molecular weight excluding hydrogens is 735 g/mol. The van der Waals surface area contributed by atoms with Gasteiger partial charge in [0.05, 0.1) is 0 Å². The summed E-state index contributed by atoms with van der Waals surface area (Å²) in [5.74, 6) is 1.97. The zero-order chi connectivity index (χ0) is 40.5. The second-order valence-electron chi connectivity index (χ2n) is 17.7. The first kappa shape index (κ1) is 36.8. The molecule has 0 bridgehead atoms. The van der Waals surface area contributed by atoms with E-state index in [1.165, 1.54) is 53.6 Å². The van der Waals surface area contributed by atoms with E-state index in [2.05, 4.69) is 205 Å². The van der Waals surface area contributed by atoms with Crippen molar-refractivity contribution in [2.24, 2.45) is 0 Å². The minimum absolute atomic E-state index is 0.0854. The predicted molar refractivity (Wildman–Crippen MR) is 252 cm³/mol. The molecule has 0 saturated carbocycles. The van der Waals surface area contributed by atoms with Gasteiger partial charge in [-0.3, -0.25) is 0 Å². The third-order valence-corrected chi connectivity index (χ3v) is 13.0. The van der Waals surface area contributed by atoms with Crippen molar-refractivity contribution in [3.8, 4) is 56.4 Å². The highest BCUT2D eigenvalue weighted by molar-refractivity contribution is 7.26. The second kappa shape index (κ2) is 14.1. The van der Waals surface area contributed by atoms with Gasteiger partial charge < -0.3 is 0 Å².